The maximum absolute atomic E-state index is 13.3. The zero-order valence-electron chi connectivity index (χ0n) is 13.9. The Morgan fingerprint density at radius 3 is 2.71 bits per heavy atom. The van der Waals surface area contributed by atoms with Crippen molar-refractivity contribution < 1.29 is 17.3 Å². The molecule has 0 saturated carbocycles. The summed E-state index contributed by atoms with van der Waals surface area (Å²) in [4.78, 5) is 4.37. The second-order valence-electron chi connectivity index (χ2n) is 7.01. The summed E-state index contributed by atoms with van der Waals surface area (Å²) in [5.74, 6) is 0.344. The van der Waals surface area contributed by atoms with Crippen LogP contribution in [0.25, 0.3) is 0 Å². The summed E-state index contributed by atoms with van der Waals surface area (Å²) in [5, 5.41) is 3.99. The minimum atomic E-state index is -3.72. The Morgan fingerprint density at radius 2 is 2.08 bits per heavy atom. The van der Waals surface area contributed by atoms with Crippen molar-refractivity contribution >= 4 is 10.0 Å². The first-order valence-corrected chi connectivity index (χ1v) is 9.22. The molecule has 1 fully saturated rings. The molecule has 6 nitrogen and oxygen atoms in total. The lowest BCUT2D eigenvalue weighted by molar-refractivity contribution is 0.343. The topological polar surface area (TPSA) is 76.3 Å². The lowest BCUT2D eigenvalue weighted by Gasteiger charge is -2.16. The molecule has 1 aromatic carbocycles. The van der Waals surface area contributed by atoms with E-state index in [1.54, 1.807) is 0 Å². The van der Waals surface area contributed by atoms with Gasteiger partial charge in [-0.15, -0.1) is 0 Å². The van der Waals surface area contributed by atoms with Gasteiger partial charge in [-0.1, -0.05) is 32.0 Å². The summed E-state index contributed by atoms with van der Waals surface area (Å²) < 4.78 is 45.2. The second kappa shape index (κ2) is 5.93. The fraction of sp³-hybridized carbons (Fsp3) is 0.500. The number of sulfonamides is 1. The normalized spacial score (nSPS) is 19.8. The molecule has 1 atom stereocenters. The molecule has 2 heterocycles. The van der Waals surface area contributed by atoms with E-state index in [2.05, 4.69) is 10.1 Å². The number of rotatable bonds is 3. The fourth-order valence-electron chi connectivity index (χ4n) is 2.63. The van der Waals surface area contributed by atoms with Crippen LogP contribution < -0.4 is 0 Å². The predicted octanol–water partition coefficient (Wildman–Crippen LogP) is 2.68. The number of aromatic nitrogens is 2. The van der Waals surface area contributed by atoms with Gasteiger partial charge < -0.3 is 4.52 Å². The zero-order valence-corrected chi connectivity index (χ0v) is 14.7. The second-order valence-corrected chi connectivity index (χ2v) is 8.95. The number of hydrogen-bond donors (Lipinski definition) is 0. The van der Waals surface area contributed by atoms with Crippen molar-refractivity contribution in [3.05, 3.63) is 41.8 Å². The quantitative estimate of drug-likeness (QED) is 0.848. The van der Waals surface area contributed by atoms with Crippen molar-refractivity contribution in [1.29, 1.82) is 0 Å². The first kappa shape index (κ1) is 17.0. The van der Waals surface area contributed by atoms with Gasteiger partial charge in [0.05, 0.1) is 10.8 Å². The Bertz CT molecular complexity index is 842. The maximum atomic E-state index is 13.3. The van der Waals surface area contributed by atoms with Crippen LogP contribution >= 0.6 is 0 Å². The Balaban J connectivity index is 1.79. The summed E-state index contributed by atoms with van der Waals surface area (Å²) in [6, 6.07) is 5.05. The highest BCUT2D eigenvalue weighted by molar-refractivity contribution is 7.89. The van der Waals surface area contributed by atoms with Crippen molar-refractivity contribution in [2.24, 2.45) is 0 Å². The van der Waals surface area contributed by atoms with Gasteiger partial charge in [0.1, 0.15) is 5.82 Å². The molecule has 1 aliphatic heterocycles. The smallest absolute Gasteiger partial charge is 0.243 e. The van der Waals surface area contributed by atoms with Crippen LogP contribution in [0.4, 0.5) is 4.39 Å². The maximum Gasteiger partial charge on any atom is 0.243 e. The molecule has 1 saturated heterocycles. The average molecular weight is 353 g/mol. The largest absolute Gasteiger partial charge is 0.339 e. The van der Waals surface area contributed by atoms with Crippen molar-refractivity contribution in [3.8, 4) is 0 Å². The molecule has 0 amide bonds. The number of benzene rings is 1. The summed E-state index contributed by atoms with van der Waals surface area (Å²) in [5.41, 5.74) is -0.228. The first-order valence-electron chi connectivity index (χ1n) is 7.78. The molecule has 0 aliphatic carbocycles. The third kappa shape index (κ3) is 3.21. The van der Waals surface area contributed by atoms with E-state index in [-0.39, 0.29) is 22.8 Å². The molecule has 0 radical (unpaired) electrons. The molecule has 0 N–H and O–H groups in total. The van der Waals surface area contributed by atoms with Crippen molar-refractivity contribution in [2.75, 3.05) is 13.1 Å². The monoisotopic (exact) mass is 353 g/mol. The molecular formula is C16H20FN3O3S. The van der Waals surface area contributed by atoms with Crippen molar-refractivity contribution in [3.63, 3.8) is 0 Å². The number of halogens is 1. The Hall–Kier alpha value is -1.80. The summed E-state index contributed by atoms with van der Waals surface area (Å²) in [6.45, 7) is 6.55. The molecule has 1 aromatic heterocycles. The summed E-state index contributed by atoms with van der Waals surface area (Å²) in [7, 11) is -3.72. The Kier molecular flexibility index (Phi) is 4.21. The molecule has 1 aliphatic rings. The van der Waals surface area contributed by atoms with Gasteiger partial charge in [0, 0.05) is 18.5 Å². The highest BCUT2D eigenvalue weighted by Crippen LogP contribution is 2.31. The van der Waals surface area contributed by atoms with Crippen LogP contribution in [0.2, 0.25) is 0 Å². The van der Waals surface area contributed by atoms with E-state index in [4.69, 9.17) is 4.52 Å². The third-order valence-corrected chi connectivity index (χ3v) is 5.91. The lowest BCUT2D eigenvalue weighted by Crippen LogP contribution is -2.28. The van der Waals surface area contributed by atoms with E-state index in [1.807, 2.05) is 20.8 Å². The van der Waals surface area contributed by atoms with Crippen molar-refractivity contribution in [1.82, 2.24) is 14.4 Å². The third-order valence-electron chi connectivity index (χ3n) is 4.05. The standard InChI is InChI=1S/C16H20FN3O3S/c1-16(2,3)15-18-14(23-19-15)11-7-8-20(10-11)24(21,22)13-6-4-5-12(17)9-13/h4-6,9,11H,7-8,10H2,1-3H3/t11-/m1/s1. The van der Waals surface area contributed by atoms with Gasteiger partial charge in [-0.25, -0.2) is 12.8 Å². The minimum Gasteiger partial charge on any atom is -0.339 e. The average Bonchev–Trinajstić information content (AvgIpc) is 3.16. The van der Waals surface area contributed by atoms with Gasteiger partial charge in [0.2, 0.25) is 15.9 Å². The van der Waals surface area contributed by atoms with Crippen molar-refractivity contribution in [2.45, 2.75) is 43.4 Å². The van der Waals surface area contributed by atoms with E-state index in [0.717, 1.165) is 6.07 Å². The number of nitrogens with zero attached hydrogens (tertiary/aromatic N) is 3. The van der Waals surface area contributed by atoms with Crippen LogP contribution in [0, 0.1) is 5.82 Å². The number of hydrogen-bond acceptors (Lipinski definition) is 5. The minimum absolute atomic E-state index is 0.0379. The van der Waals surface area contributed by atoms with Gasteiger partial charge in [-0.2, -0.15) is 9.29 Å². The Morgan fingerprint density at radius 1 is 1.33 bits per heavy atom. The molecular weight excluding hydrogens is 333 g/mol. The van der Waals surface area contributed by atoms with E-state index in [0.29, 0.717) is 24.7 Å². The molecule has 130 valence electrons. The van der Waals surface area contributed by atoms with E-state index < -0.39 is 15.8 Å². The van der Waals surface area contributed by atoms with Crippen LogP contribution in [0.5, 0.6) is 0 Å². The SMILES string of the molecule is CC(C)(C)c1noc([C@@H]2CCN(S(=O)(=O)c3cccc(F)c3)C2)n1. The summed E-state index contributed by atoms with van der Waals surface area (Å²) in [6.07, 6.45) is 0.598. The lowest BCUT2D eigenvalue weighted by atomic mass is 9.96. The summed E-state index contributed by atoms with van der Waals surface area (Å²) >= 11 is 0. The van der Waals surface area contributed by atoms with Crippen LogP contribution in [0.15, 0.2) is 33.7 Å². The van der Waals surface area contributed by atoms with Crippen LogP contribution in [-0.2, 0) is 15.4 Å². The highest BCUT2D eigenvalue weighted by Gasteiger charge is 2.36. The van der Waals surface area contributed by atoms with Gasteiger partial charge in [0.25, 0.3) is 0 Å². The van der Waals surface area contributed by atoms with E-state index in [1.165, 1.54) is 22.5 Å². The van der Waals surface area contributed by atoms with Crippen LogP contribution in [0.3, 0.4) is 0 Å². The molecule has 0 spiro atoms. The first-order chi connectivity index (χ1) is 11.2. The molecule has 3 rings (SSSR count). The molecule has 24 heavy (non-hydrogen) atoms. The highest BCUT2D eigenvalue weighted by atomic mass is 32.2. The fourth-order valence-corrected chi connectivity index (χ4v) is 4.16. The molecule has 0 bridgehead atoms. The van der Waals surface area contributed by atoms with Gasteiger partial charge in [-0.05, 0) is 24.6 Å². The molecule has 2 aromatic rings. The predicted molar refractivity (Wildman–Crippen MR) is 85.5 cm³/mol. The molecule has 0 unspecified atom stereocenters. The zero-order chi connectivity index (χ0) is 17.5. The van der Waals surface area contributed by atoms with Crippen LogP contribution in [-0.4, -0.2) is 36.0 Å². The van der Waals surface area contributed by atoms with Gasteiger partial charge in [0.15, 0.2) is 5.82 Å². The molecule has 8 heteroatoms. The van der Waals surface area contributed by atoms with E-state index >= 15 is 0 Å². The van der Waals surface area contributed by atoms with E-state index in [9.17, 15) is 12.8 Å². The van der Waals surface area contributed by atoms with Gasteiger partial charge in [-0.3, -0.25) is 0 Å². The van der Waals surface area contributed by atoms with Crippen LogP contribution in [0.1, 0.15) is 44.8 Å². The van der Waals surface area contributed by atoms with Gasteiger partial charge >= 0.3 is 0 Å². The Labute approximate surface area is 140 Å².